The van der Waals surface area contributed by atoms with Gasteiger partial charge in [0, 0.05) is 12.1 Å². The van der Waals surface area contributed by atoms with Gasteiger partial charge in [0.15, 0.2) is 0 Å². The number of carbonyl (C=O) groups excluding carboxylic acids is 1. The molecular formula is C20H20FN3O. The molecule has 0 aliphatic heterocycles. The van der Waals surface area contributed by atoms with Crippen molar-refractivity contribution in [1.82, 2.24) is 15.1 Å². The molecule has 0 aliphatic carbocycles. The van der Waals surface area contributed by atoms with Crippen LogP contribution in [0.1, 0.15) is 24.3 Å². The Morgan fingerprint density at radius 3 is 2.48 bits per heavy atom. The van der Waals surface area contributed by atoms with Gasteiger partial charge >= 0.3 is 0 Å². The van der Waals surface area contributed by atoms with Crippen LogP contribution in [0.5, 0.6) is 0 Å². The number of amides is 1. The molecule has 0 bridgehead atoms. The predicted molar refractivity (Wildman–Crippen MR) is 96.1 cm³/mol. The first-order valence-corrected chi connectivity index (χ1v) is 8.25. The van der Waals surface area contributed by atoms with E-state index in [4.69, 9.17) is 0 Å². The lowest BCUT2D eigenvalue weighted by atomic mass is 10.1. The van der Waals surface area contributed by atoms with E-state index in [1.54, 1.807) is 28.9 Å². The minimum atomic E-state index is -0.366. The molecule has 4 nitrogen and oxygen atoms in total. The first-order valence-electron chi connectivity index (χ1n) is 8.25. The van der Waals surface area contributed by atoms with Gasteiger partial charge in [0.2, 0.25) is 0 Å². The third-order valence-corrected chi connectivity index (χ3v) is 3.76. The molecule has 1 amide bonds. The van der Waals surface area contributed by atoms with Crippen LogP contribution in [0.2, 0.25) is 0 Å². The summed E-state index contributed by atoms with van der Waals surface area (Å²) in [5, 5.41) is 7.37. The Bertz CT molecular complexity index is 872. The lowest BCUT2D eigenvalue weighted by Gasteiger charge is -2.09. The van der Waals surface area contributed by atoms with Crippen LogP contribution >= 0.6 is 0 Å². The number of nitrogens with one attached hydrogen (secondary N) is 1. The van der Waals surface area contributed by atoms with Crippen LogP contribution in [0.15, 0.2) is 60.7 Å². The standard InChI is InChI=1S/C20H20FN3O/c1-14(2)13-22-20(25)19-12-18(16-10-6-7-11-17(16)21)23-24(19)15-8-4-3-5-9-15/h3-12,14H,13H2,1-2H3,(H,22,25). The highest BCUT2D eigenvalue weighted by atomic mass is 19.1. The lowest BCUT2D eigenvalue weighted by Crippen LogP contribution is -2.29. The summed E-state index contributed by atoms with van der Waals surface area (Å²) in [6, 6.07) is 17.4. The van der Waals surface area contributed by atoms with Crippen LogP contribution in [-0.4, -0.2) is 22.2 Å². The molecule has 2 aromatic carbocycles. The van der Waals surface area contributed by atoms with E-state index in [9.17, 15) is 9.18 Å². The molecule has 25 heavy (non-hydrogen) atoms. The van der Waals surface area contributed by atoms with E-state index in [-0.39, 0.29) is 11.7 Å². The van der Waals surface area contributed by atoms with Crippen molar-refractivity contribution in [3.8, 4) is 16.9 Å². The Morgan fingerprint density at radius 2 is 1.80 bits per heavy atom. The minimum Gasteiger partial charge on any atom is -0.350 e. The van der Waals surface area contributed by atoms with E-state index in [0.717, 1.165) is 5.69 Å². The molecule has 3 rings (SSSR count). The van der Waals surface area contributed by atoms with Crippen molar-refractivity contribution in [1.29, 1.82) is 0 Å². The van der Waals surface area contributed by atoms with Crippen molar-refractivity contribution >= 4 is 5.91 Å². The summed E-state index contributed by atoms with van der Waals surface area (Å²) in [6.07, 6.45) is 0. The zero-order chi connectivity index (χ0) is 17.8. The molecule has 0 unspecified atom stereocenters. The molecule has 1 aromatic heterocycles. The van der Waals surface area contributed by atoms with E-state index in [1.165, 1.54) is 6.07 Å². The molecule has 1 N–H and O–H groups in total. The van der Waals surface area contributed by atoms with Crippen molar-refractivity contribution in [2.75, 3.05) is 6.54 Å². The normalized spacial score (nSPS) is 10.9. The number of hydrogen-bond donors (Lipinski definition) is 1. The van der Waals surface area contributed by atoms with Gasteiger partial charge in [-0.05, 0) is 36.2 Å². The van der Waals surface area contributed by atoms with Crippen LogP contribution in [0.4, 0.5) is 4.39 Å². The maximum absolute atomic E-state index is 14.1. The molecule has 128 valence electrons. The Kier molecular flexibility index (Phi) is 4.93. The molecule has 0 fully saturated rings. The summed E-state index contributed by atoms with van der Waals surface area (Å²) in [7, 11) is 0. The highest BCUT2D eigenvalue weighted by molar-refractivity contribution is 5.94. The van der Waals surface area contributed by atoms with Gasteiger partial charge in [-0.3, -0.25) is 4.79 Å². The maximum atomic E-state index is 14.1. The van der Waals surface area contributed by atoms with Crippen molar-refractivity contribution in [3.05, 3.63) is 72.2 Å². The second-order valence-corrected chi connectivity index (χ2v) is 6.25. The number of benzene rings is 2. The highest BCUT2D eigenvalue weighted by Crippen LogP contribution is 2.24. The SMILES string of the molecule is CC(C)CNC(=O)c1cc(-c2ccccc2F)nn1-c1ccccc1. The van der Waals surface area contributed by atoms with Crippen LogP contribution in [0.25, 0.3) is 16.9 Å². The van der Waals surface area contributed by atoms with Gasteiger partial charge in [-0.1, -0.05) is 44.2 Å². The second-order valence-electron chi connectivity index (χ2n) is 6.25. The number of carbonyl (C=O) groups is 1. The largest absolute Gasteiger partial charge is 0.350 e. The fourth-order valence-electron chi connectivity index (χ4n) is 2.50. The number of para-hydroxylation sites is 1. The monoisotopic (exact) mass is 337 g/mol. The topological polar surface area (TPSA) is 46.9 Å². The first-order chi connectivity index (χ1) is 12.1. The summed E-state index contributed by atoms with van der Waals surface area (Å²) in [4.78, 5) is 12.6. The summed E-state index contributed by atoms with van der Waals surface area (Å²) in [5.41, 5.74) is 1.93. The molecule has 3 aromatic rings. The van der Waals surface area contributed by atoms with Crippen molar-refractivity contribution in [2.45, 2.75) is 13.8 Å². The number of nitrogens with zero attached hydrogens (tertiary/aromatic N) is 2. The van der Waals surface area contributed by atoms with E-state index >= 15 is 0 Å². The lowest BCUT2D eigenvalue weighted by molar-refractivity contribution is 0.0941. The van der Waals surface area contributed by atoms with Gasteiger partial charge in [0.05, 0.1) is 11.4 Å². The number of aromatic nitrogens is 2. The van der Waals surface area contributed by atoms with Crippen molar-refractivity contribution in [3.63, 3.8) is 0 Å². The number of rotatable bonds is 5. The van der Waals surface area contributed by atoms with Crippen molar-refractivity contribution < 1.29 is 9.18 Å². The maximum Gasteiger partial charge on any atom is 0.270 e. The minimum absolute atomic E-state index is 0.229. The molecule has 0 spiro atoms. The Morgan fingerprint density at radius 1 is 1.12 bits per heavy atom. The summed E-state index contributed by atoms with van der Waals surface area (Å²) in [6.45, 7) is 4.62. The quantitative estimate of drug-likeness (QED) is 0.763. The summed E-state index contributed by atoms with van der Waals surface area (Å²) >= 11 is 0. The van der Waals surface area contributed by atoms with Crippen LogP contribution < -0.4 is 5.32 Å². The Hall–Kier alpha value is -2.95. The van der Waals surface area contributed by atoms with Crippen molar-refractivity contribution in [2.24, 2.45) is 5.92 Å². The predicted octanol–water partition coefficient (Wildman–Crippen LogP) is 4.06. The van der Waals surface area contributed by atoms with E-state index < -0.39 is 0 Å². The number of halogens is 1. The summed E-state index contributed by atoms with van der Waals surface area (Å²) in [5.74, 6) is -0.259. The third-order valence-electron chi connectivity index (χ3n) is 3.76. The molecule has 0 atom stereocenters. The second kappa shape index (κ2) is 7.30. The molecule has 1 heterocycles. The van der Waals surface area contributed by atoms with E-state index in [2.05, 4.69) is 10.4 Å². The van der Waals surface area contributed by atoms with Gasteiger partial charge in [-0.25, -0.2) is 9.07 Å². The van der Waals surface area contributed by atoms with Crippen LogP contribution in [0, 0.1) is 11.7 Å². The molecule has 0 saturated carbocycles. The van der Waals surface area contributed by atoms with E-state index in [0.29, 0.717) is 29.4 Å². The zero-order valence-corrected chi connectivity index (χ0v) is 14.2. The fourth-order valence-corrected chi connectivity index (χ4v) is 2.50. The van der Waals surface area contributed by atoms with Gasteiger partial charge in [0.25, 0.3) is 5.91 Å². The molecule has 0 saturated heterocycles. The third kappa shape index (κ3) is 3.76. The smallest absolute Gasteiger partial charge is 0.270 e. The van der Waals surface area contributed by atoms with E-state index in [1.807, 2.05) is 44.2 Å². The average Bonchev–Trinajstić information content (AvgIpc) is 3.06. The van der Waals surface area contributed by atoms with Crippen LogP contribution in [0.3, 0.4) is 0 Å². The first kappa shape index (κ1) is 16.9. The van der Waals surface area contributed by atoms with Gasteiger partial charge in [-0.15, -0.1) is 0 Å². The van der Waals surface area contributed by atoms with Gasteiger partial charge in [0.1, 0.15) is 11.5 Å². The molecular weight excluding hydrogens is 317 g/mol. The summed E-state index contributed by atoms with van der Waals surface area (Å²) < 4.78 is 15.7. The molecule has 5 heteroatoms. The van der Waals surface area contributed by atoms with Crippen LogP contribution in [-0.2, 0) is 0 Å². The van der Waals surface area contributed by atoms with Gasteiger partial charge in [-0.2, -0.15) is 5.10 Å². The van der Waals surface area contributed by atoms with Gasteiger partial charge < -0.3 is 5.32 Å². The molecule has 0 radical (unpaired) electrons. The molecule has 0 aliphatic rings. The Labute approximate surface area is 146 Å². The Balaban J connectivity index is 2.06. The number of hydrogen-bond acceptors (Lipinski definition) is 2. The fraction of sp³-hybridized carbons (Fsp3) is 0.200. The average molecular weight is 337 g/mol. The zero-order valence-electron chi connectivity index (χ0n) is 14.2. The highest BCUT2D eigenvalue weighted by Gasteiger charge is 2.19.